The lowest BCUT2D eigenvalue weighted by Crippen LogP contribution is -2.11. The number of anilines is 1. The Morgan fingerprint density at radius 1 is 0.933 bits per heavy atom. The third kappa shape index (κ3) is 4.22. The van der Waals surface area contributed by atoms with E-state index < -0.39 is 4.92 Å². The highest BCUT2D eigenvalue weighted by molar-refractivity contribution is 7.19. The maximum absolute atomic E-state index is 12.6. The number of nitrogens with one attached hydrogen (secondary N) is 1. The number of nitrogens with zero attached hydrogens (tertiary/aromatic N) is 2. The van der Waals surface area contributed by atoms with Gasteiger partial charge in [-0.2, -0.15) is 0 Å². The van der Waals surface area contributed by atoms with E-state index in [0.717, 1.165) is 21.7 Å². The van der Waals surface area contributed by atoms with Crippen LogP contribution in [-0.2, 0) is 0 Å². The van der Waals surface area contributed by atoms with Crippen LogP contribution >= 0.6 is 22.9 Å². The first-order valence-electron chi connectivity index (χ1n) is 8.89. The minimum Gasteiger partial charge on any atom is -0.298 e. The number of non-ortho nitro benzene ring substituents is 1. The topological polar surface area (TPSA) is 85.1 Å². The molecule has 1 amide bonds. The monoisotopic (exact) mass is 435 g/mol. The number of carbonyl (C=O) groups excluding carboxylic acids is 1. The summed E-state index contributed by atoms with van der Waals surface area (Å²) in [6, 6.07) is 22.5. The first-order chi connectivity index (χ1) is 14.5. The molecule has 0 saturated carbocycles. The molecule has 148 valence electrons. The summed E-state index contributed by atoms with van der Waals surface area (Å²) in [6.45, 7) is 0. The number of nitro benzene ring substituents is 1. The summed E-state index contributed by atoms with van der Waals surface area (Å²) in [5.74, 6) is -0.388. The van der Waals surface area contributed by atoms with Gasteiger partial charge in [-0.05, 0) is 29.8 Å². The van der Waals surface area contributed by atoms with E-state index in [9.17, 15) is 14.9 Å². The Balaban J connectivity index is 1.67. The first-order valence-corrected chi connectivity index (χ1v) is 10.1. The quantitative estimate of drug-likeness (QED) is 0.295. The number of thiazole rings is 1. The normalized spacial score (nSPS) is 10.6. The Morgan fingerprint density at radius 2 is 1.60 bits per heavy atom. The van der Waals surface area contributed by atoms with Gasteiger partial charge >= 0.3 is 0 Å². The van der Waals surface area contributed by atoms with E-state index >= 15 is 0 Å². The molecule has 4 rings (SSSR count). The fourth-order valence-corrected chi connectivity index (χ4v) is 3.98. The van der Waals surface area contributed by atoms with E-state index in [1.165, 1.54) is 35.6 Å². The molecule has 0 unspecified atom stereocenters. The van der Waals surface area contributed by atoms with Gasteiger partial charge in [0.25, 0.3) is 11.6 Å². The van der Waals surface area contributed by atoms with Gasteiger partial charge < -0.3 is 0 Å². The maximum atomic E-state index is 12.6. The van der Waals surface area contributed by atoms with Crippen molar-refractivity contribution in [1.29, 1.82) is 0 Å². The van der Waals surface area contributed by atoms with Crippen LogP contribution in [0.15, 0.2) is 78.9 Å². The molecule has 0 aliphatic heterocycles. The van der Waals surface area contributed by atoms with Crippen molar-refractivity contribution < 1.29 is 9.72 Å². The second-order valence-corrected chi connectivity index (χ2v) is 7.76. The highest BCUT2D eigenvalue weighted by atomic mass is 35.5. The van der Waals surface area contributed by atoms with E-state index in [1.54, 1.807) is 12.1 Å². The standard InChI is InChI=1S/C22H14ClN3O3S/c23-17-10-6-15(7-11-17)20-19(14-4-2-1-3-5-14)24-22(30-20)25-21(27)16-8-12-18(13-9-16)26(28)29/h1-13H,(H,24,25,27). The predicted molar refractivity (Wildman–Crippen MR) is 119 cm³/mol. The van der Waals surface area contributed by atoms with Crippen LogP contribution in [0.4, 0.5) is 10.8 Å². The summed E-state index contributed by atoms with van der Waals surface area (Å²) in [5.41, 5.74) is 2.85. The second-order valence-electron chi connectivity index (χ2n) is 6.33. The zero-order valence-electron chi connectivity index (χ0n) is 15.4. The molecule has 0 fully saturated rings. The van der Waals surface area contributed by atoms with Gasteiger partial charge in [-0.1, -0.05) is 65.4 Å². The van der Waals surface area contributed by atoms with Gasteiger partial charge in [-0.25, -0.2) is 4.98 Å². The van der Waals surface area contributed by atoms with E-state index in [4.69, 9.17) is 11.6 Å². The number of nitro groups is 1. The minimum absolute atomic E-state index is 0.0720. The molecule has 1 heterocycles. The highest BCUT2D eigenvalue weighted by Crippen LogP contribution is 2.39. The van der Waals surface area contributed by atoms with E-state index in [-0.39, 0.29) is 11.6 Å². The van der Waals surface area contributed by atoms with Crippen LogP contribution in [0.2, 0.25) is 5.02 Å². The second kappa shape index (κ2) is 8.44. The molecule has 0 aliphatic carbocycles. The van der Waals surface area contributed by atoms with E-state index in [0.29, 0.717) is 15.7 Å². The zero-order chi connectivity index (χ0) is 21.1. The lowest BCUT2D eigenvalue weighted by Gasteiger charge is -2.02. The van der Waals surface area contributed by atoms with Crippen molar-refractivity contribution >= 4 is 39.7 Å². The van der Waals surface area contributed by atoms with Crippen LogP contribution in [0.5, 0.6) is 0 Å². The minimum atomic E-state index is -0.507. The number of rotatable bonds is 5. The molecule has 30 heavy (non-hydrogen) atoms. The van der Waals surface area contributed by atoms with Gasteiger partial charge in [-0.3, -0.25) is 20.2 Å². The largest absolute Gasteiger partial charge is 0.298 e. The molecule has 0 bridgehead atoms. The number of carbonyl (C=O) groups is 1. The molecule has 0 radical (unpaired) electrons. The molecule has 8 heteroatoms. The molecule has 0 aliphatic rings. The Hall–Kier alpha value is -3.55. The summed E-state index contributed by atoms with van der Waals surface area (Å²) in [6.07, 6.45) is 0. The summed E-state index contributed by atoms with van der Waals surface area (Å²) in [5, 5.41) is 14.7. The van der Waals surface area contributed by atoms with Crippen LogP contribution in [0.25, 0.3) is 21.7 Å². The van der Waals surface area contributed by atoms with Gasteiger partial charge in [-0.15, -0.1) is 0 Å². The summed E-state index contributed by atoms with van der Waals surface area (Å²) in [4.78, 5) is 28.4. The van der Waals surface area contributed by atoms with Crippen molar-refractivity contribution in [2.45, 2.75) is 0 Å². The molecule has 0 atom stereocenters. The van der Waals surface area contributed by atoms with Crippen molar-refractivity contribution in [1.82, 2.24) is 4.98 Å². The number of hydrogen-bond donors (Lipinski definition) is 1. The van der Waals surface area contributed by atoms with Crippen LogP contribution in [-0.4, -0.2) is 15.8 Å². The Labute approximate surface area is 180 Å². The third-order valence-corrected chi connectivity index (χ3v) is 5.61. The summed E-state index contributed by atoms with van der Waals surface area (Å²) >= 11 is 7.37. The van der Waals surface area contributed by atoms with E-state index in [1.807, 2.05) is 42.5 Å². The molecule has 0 spiro atoms. The number of hydrogen-bond acceptors (Lipinski definition) is 5. The molecule has 1 N–H and O–H groups in total. The maximum Gasteiger partial charge on any atom is 0.269 e. The van der Waals surface area contributed by atoms with Crippen molar-refractivity contribution in [3.05, 3.63) is 99.6 Å². The Morgan fingerprint density at radius 3 is 2.23 bits per heavy atom. The molecular formula is C22H14ClN3O3S. The predicted octanol–water partition coefficient (Wildman–Crippen LogP) is 6.29. The zero-order valence-corrected chi connectivity index (χ0v) is 17.0. The molecule has 6 nitrogen and oxygen atoms in total. The fourth-order valence-electron chi connectivity index (χ4n) is 2.87. The summed E-state index contributed by atoms with van der Waals surface area (Å²) < 4.78 is 0. The van der Waals surface area contributed by atoms with Crippen molar-refractivity contribution in [3.8, 4) is 21.7 Å². The van der Waals surface area contributed by atoms with Crippen molar-refractivity contribution in [2.24, 2.45) is 0 Å². The van der Waals surface area contributed by atoms with Gasteiger partial charge in [0, 0.05) is 28.3 Å². The van der Waals surface area contributed by atoms with Crippen LogP contribution in [0.3, 0.4) is 0 Å². The Bertz CT molecular complexity index is 1210. The van der Waals surface area contributed by atoms with Gasteiger partial charge in [0.15, 0.2) is 5.13 Å². The molecule has 0 saturated heterocycles. The number of aromatic nitrogens is 1. The molecule has 3 aromatic carbocycles. The number of halogens is 1. The van der Waals surface area contributed by atoms with Crippen LogP contribution in [0, 0.1) is 10.1 Å². The number of benzene rings is 3. The lowest BCUT2D eigenvalue weighted by molar-refractivity contribution is -0.384. The SMILES string of the molecule is O=C(Nc1nc(-c2ccccc2)c(-c2ccc(Cl)cc2)s1)c1ccc([N+](=O)[O-])cc1. The van der Waals surface area contributed by atoms with Crippen LogP contribution in [0.1, 0.15) is 10.4 Å². The average Bonchev–Trinajstić information content (AvgIpc) is 3.18. The summed E-state index contributed by atoms with van der Waals surface area (Å²) in [7, 11) is 0. The molecular weight excluding hydrogens is 422 g/mol. The van der Waals surface area contributed by atoms with Crippen LogP contribution < -0.4 is 5.32 Å². The van der Waals surface area contributed by atoms with Gasteiger partial charge in [0.1, 0.15) is 0 Å². The van der Waals surface area contributed by atoms with E-state index in [2.05, 4.69) is 10.3 Å². The highest BCUT2D eigenvalue weighted by Gasteiger charge is 2.17. The fraction of sp³-hybridized carbons (Fsp3) is 0. The third-order valence-electron chi connectivity index (χ3n) is 4.34. The average molecular weight is 436 g/mol. The Kier molecular flexibility index (Phi) is 5.56. The molecule has 4 aromatic rings. The first kappa shape index (κ1) is 19.8. The van der Waals surface area contributed by atoms with Gasteiger partial charge in [0.2, 0.25) is 0 Å². The molecule has 1 aromatic heterocycles. The number of amides is 1. The lowest BCUT2D eigenvalue weighted by atomic mass is 10.1. The van der Waals surface area contributed by atoms with Crippen molar-refractivity contribution in [2.75, 3.05) is 5.32 Å². The van der Waals surface area contributed by atoms with Gasteiger partial charge in [0.05, 0.1) is 15.5 Å². The van der Waals surface area contributed by atoms with Crippen molar-refractivity contribution in [3.63, 3.8) is 0 Å². The smallest absolute Gasteiger partial charge is 0.269 e.